The third kappa shape index (κ3) is 5.25. The van der Waals surface area contributed by atoms with E-state index in [0.29, 0.717) is 17.8 Å². The van der Waals surface area contributed by atoms with Crippen molar-refractivity contribution in [2.75, 3.05) is 32.7 Å². The van der Waals surface area contributed by atoms with Gasteiger partial charge in [-0.3, -0.25) is 0 Å². The topological polar surface area (TPSA) is 49.6 Å². The number of primary amides is 1. The average Bonchev–Trinajstić information content (AvgIpc) is 2.11. The van der Waals surface area contributed by atoms with Gasteiger partial charge in [-0.15, -0.1) is 0 Å². The second kappa shape index (κ2) is 6.98. The van der Waals surface area contributed by atoms with Crippen LogP contribution in [0.25, 0.3) is 0 Å². The minimum atomic E-state index is -0.271. The first kappa shape index (κ1) is 15.3. The molecular formula is C14H29N3O. The number of nitrogens with zero attached hydrogens (tertiary/aromatic N) is 2. The van der Waals surface area contributed by atoms with Crippen molar-refractivity contribution in [1.82, 2.24) is 9.80 Å². The summed E-state index contributed by atoms with van der Waals surface area (Å²) < 4.78 is 0. The highest BCUT2D eigenvalue weighted by Crippen LogP contribution is 2.19. The maximum absolute atomic E-state index is 10.9. The number of carbonyl (C=O) groups excluding carboxylic acids is 1. The molecule has 0 aromatic heterocycles. The minimum Gasteiger partial charge on any atom is -0.351 e. The number of urea groups is 1. The van der Waals surface area contributed by atoms with Gasteiger partial charge in [0.05, 0.1) is 0 Å². The zero-order valence-corrected chi connectivity index (χ0v) is 12.4. The molecule has 0 unspecified atom stereocenters. The number of hydrogen-bond donors (Lipinski definition) is 1. The second-order valence-electron chi connectivity index (χ2n) is 6.45. The van der Waals surface area contributed by atoms with Crippen molar-refractivity contribution in [3.63, 3.8) is 0 Å². The van der Waals surface area contributed by atoms with Crippen LogP contribution in [-0.2, 0) is 0 Å². The molecule has 0 aliphatic carbocycles. The van der Waals surface area contributed by atoms with Crippen LogP contribution in [0.4, 0.5) is 4.79 Å². The Labute approximate surface area is 111 Å². The smallest absolute Gasteiger partial charge is 0.314 e. The Morgan fingerprint density at radius 3 is 2.11 bits per heavy atom. The molecular weight excluding hydrogens is 226 g/mol. The molecule has 0 bridgehead atoms. The molecule has 0 radical (unpaired) electrons. The van der Waals surface area contributed by atoms with Gasteiger partial charge in [-0.2, -0.15) is 0 Å². The molecule has 0 saturated carbocycles. The standard InChI is InChI=1S/C14H29N3O/c1-11(2)7-16(8-12(3)4)6-5-13-9-17(10-13)14(15)18/h11-13H,5-10H2,1-4H3,(H2,15,18). The lowest BCUT2D eigenvalue weighted by molar-refractivity contribution is 0.107. The van der Waals surface area contributed by atoms with Gasteiger partial charge in [0.1, 0.15) is 0 Å². The van der Waals surface area contributed by atoms with Gasteiger partial charge in [0, 0.05) is 26.2 Å². The Morgan fingerprint density at radius 1 is 1.22 bits per heavy atom. The summed E-state index contributed by atoms with van der Waals surface area (Å²) in [4.78, 5) is 15.2. The lowest BCUT2D eigenvalue weighted by atomic mass is 9.96. The van der Waals surface area contributed by atoms with Crippen LogP contribution < -0.4 is 5.73 Å². The van der Waals surface area contributed by atoms with Gasteiger partial charge in [0.2, 0.25) is 0 Å². The summed E-state index contributed by atoms with van der Waals surface area (Å²) in [6.07, 6.45) is 1.18. The van der Waals surface area contributed by atoms with Crippen molar-refractivity contribution >= 4 is 6.03 Å². The largest absolute Gasteiger partial charge is 0.351 e. The Hall–Kier alpha value is -0.770. The summed E-state index contributed by atoms with van der Waals surface area (Å²) >= 11 is 0. The van der Waals surface area contributed by atoms with Crippen molar-refractivity contribution in [3.8, 4) is 0 Å². The first-order valence-electron chi connectivity index (χ1n) is 7.15. The van der Waals surface area contributed by atoms with Gasteiger partial charge >= 0.3 is 6.03 Å². The van der Waals surface area contributed by atoms with E-state index in [0.717, 1.165) is 19.6 Å². The Bertz CT molecular complexity index is 250. The van der Waals surface area contributed by atoms with Crippen LogP contribution in [0.1, 0.15) is 34.1 Å². The molecule has 1 rings (SSSR count). The maximum atomic E-state index is 10.9. The zero-order chi connectivity index (χ0) is 13.7. The summed E-state index contributed by atoms with van der Waals surface area (Å²) in [6.45, 7) is 14.3. The van der Waals surface area contributed by atoms with Gasteiger partial charge in [-0.1, -0.05) is 27.7 Å². The summed E-state index contributed by atoms with van der Waals surface area (Å²) in [5.41, 5.74) is 5.22. The van der Waals surface area contributed by atoms with E-state index in [1.807, 2.05) is 0 Å². The molecule has 0 atom stereocenters. The van der Waals surface area contributed by atoms with Gasteiger partial charge in [0.25, 0.3) is 0 Å². The predicted octanol–water partition coefficient (Wildman–Crippen LogP) is 2.00. The van der Waals surface area contributed by atoms with Crippen LogP contribution in [0.5, 0.6) is 0 Å². The van der Waals surface area contributed by atoms with E-state index in [-0.39, 0.29) is 6.03 Å². The number of amides is 2. The van der Waals surface area contributed by atoms with Crippen LogP contribution in [0.3, 0.4) is 0 Å². The summed E-state index contributed by atoms with van der Waals surface area (Å²) in [6, 6.07) is -0.271. The highest BCUT2D eigenvalue weighted by Gasteiger charge is 2.29. The second-order valence-corrected chi connectivity index (χ2v) is 6.45. The Kier molecular flexibility index (Phi) is 5.93. The van der Waals surface area contributed by atoms with Crippen molar-refractivity contribution in [2.24, 2.45) is 23.5 Å². The van der Waals surface area contributed by atoms with Gasteiger partial charge in [0.15, 0.2) is 0 Å². The van der Waals surface area contributed by atoms with E-state index in [1.165, 1.54) is 19.5 Å². The van der Waals surface area contributed by atoms with Gasteiger partial charge < -0.3 is 15.5 Å². The van der Waals surface area contributed by atoms with Gasteiger partial charge in [-0.05, 0) is 30.7 Å². The number of likely N-dealkylation sites (tertiary alicyclic amines) is 1. The van der Waals surface area contributed by atoms with Crippen LogP contribution in [0.2, 0.25) is 0 Å². The SMILES string of the molecule is CC(C)CN(CCC1CN(C(N)=O)C1)CC(C)C. The molecule has 2 N–H and O–H groups in total. The van der Waals surface area contributed by atoms with Crippen molar-refractivity contribution < 1.29 is 4.79 Å². The first-order chi connectivity index (χ1) is 8.38. The zero-order valence-electron chi connectivity index (χ0n) is 12.4. The number of hydrogen-bond acceptors (Lipinski definition) is 2. The molecule has 0 aromatic carbocycles. The fourth-order valence-electron chi connectivity index (χ4n) is 2.59. The molecule has 1 aliphatic rings. The summed E-state index contributed by atoms with van der Waals surface area (Å²) in [7, 11) is 0. The van der Waals surface area contributed by atoms with Crippen molar-refractivity contribution in [3.05, 3.63) is 0 Å². The van der Waals surface area contributed by atoms with Crippen LogP contribution >= 0.6 is 0 Å². The third-order valence-electron chi connectivity index (χ3n) is 3.37. The molecule has 1 aliphatic heterocycles. The van der Waals surface area contributed by atoms with Crippen LogP contribution in [0.15, 0.2) is 0 Å². The lowest BCUT2D eigenvalue weighted by Gasteiger charge is -2.39. The van der Waals surface area contributed by atoms with Crippen molar-refractivity contribution in [2.45, 2.75) is 34.1 Å². The van der Waals surface area contributed by atoms with E-state index in [2.05, 4.69) is 32.6 Å². The first-order valence-corrected chi connectivity index (χ1v) is 7.15. The predicted molar refractivity (Wildman–Crippen MR) is 75.4 cm³/mol. The molecule has 2 amide bonds. The number of rotatable bonds is 7. The molecule has 0 aromatic rings. The molecule has 1 saturated heterocycles. The fraction of sp³-hybridized carbons (Fsp3) is 0.929. The number of nitrogens with two attached hydrogens (primary N) is 1. The molecule has 4 nitrogen and oxygen atoms in total. The van der Waals surface area contributed by atoms with E-state index in [1.54, 1.807) is 4.90 Å². The maximum Gasteiger partial charge on any atom is 0.314 e. The van der Waals surface area contributed by atoms with Crippen LogP contribution in [-0.4, -0.2) is 48.6 Å². The lowest BCUT2D eigenvalue weighted by Crippen LogP contribution is -2.53. The van der Waals surface area contributed by atoms with E-state index < -0.39 is 0 Å². The number of carbonyl (C=O) groups is 1. The summed E-state index contributed by atoms with van der Waals surface area (Å²) in [5, 5.41) is 0. The normalized spacial score (nSPS) is 16.7. The van der Waals surface area contributed by atoms with E-state index in [9.17, 15) is 4.79 Å². The third-order valence-corrected chi connectivity index (χ3v) is 3.37. The molecule has 0 spiro atoms. The Morgan fingerprint density at radius 2 is 1.72 bits per heavy atom. The van der Waals surface area contributed by atoms with E-state index in [4.69, 9.17) is 5.73 Å². The average molecular weight is 255 g/mol. The molecule has 106 valence electrons. The monoisotopic (exact) mass is 255 g/mol. The fourth-order valence-corrected chi connectivity index (χ4v) is 2.59. The summed E-state index contributed by atoms with van der Waals surface area (Å²) in [5.74, 6) is 2.08. The molecule has 1 heterocycles. The van der Waals surface area contributed by atoms with Crippen LogP contribution in [0, 0.1) is 17.8 Å². The highest BCUT2D eigenvalue weighted by atomic mass is 16.2. The quantitative estimate of drug-likeness (QED) is 0.756. The molecule has 18 heavy (non-hydrogen) atoms. The Balaban J connectivity index is 2.23. The van der Waals surface area contributed by atoms with Gasteiger partial charge in [-0.25, -0.2) is 4.79 Å². The van der Waals surface area contributed by atoms with E-state index >= 15 is 0 Å². The molecule has 1 fully saturated rings. The molecule has 4 heteroatoms. The van der Waals surface area contributed by atoms with Crippen molar-refractivity contribution in [1.29, 1.82) is 0 Å². The highest BCUT2D eigenvalue weighted by molar-refractivity contribution is 5.72. The minimum absolute atomic E-state index is 0.271.